The number of piperidine rings is 1. The number of sulfonamides is 1. The SMILES string of the molecule is CS(=O)(=O)NC1CCN(C(=O)Cc2cccc3cccnc23)CC1. The normalized spacial score (nSPS) is 16.5. The van der Waals surface area contributed by atoms with Crippen LogP contribution in [0.25, 0.3) is 10.9 Å². The molecule has 3 rings (SSSR count). The first kappa shape index (κ1) is 16.9. The van der Waals surface area contributed by atoms with E-state index in [0.29, 0.717) is 32.4 Å². The second-order valence-electron chi connectivity index (χ2n) is 6.21. The largest absolute Gasteiger partial charge is 0.342 e. The van der Waals surface area contributed by atoms with Crippen LogP contribution in [0.15, 0.2) is 36.5 Å². The van der Waals surface area contributed by atoms with E-state index in [4.69, 9.17) is 0 Å². The minimum atomic E-state index is -3.20. The lowest BCUT2D eigenvalue weighted by atomic mass is 10.0. The molecule has 128 valence electrons. The average molecular weight is 347 g/mol. The van der Waals surface area contributed by atoms with Gasteiger partial charge in [-0.15, -0.1) is 0 Å². The van der Waals surface area contributed by atoms with Crippen LogP contribution in [0.2, 0.25) is 0 Å². The number of pyridine rings is 1. The summed E-state index contributed by atoms with van der Waals surface area (Å²) >= 11 is 0. The van der Waals surface area contributed by atoms with Crippen LogP contribution in [0.5, 0.6) is 0 Å². The number of hydrogen-bond acceptors (Lipinski definition) is 4. The molecule has 1 amide bonds. The van der Waals surface area contributed by atoms with E-state index in [-0.39, 0.29) is 11.9 Å². The van der Waals surface area contributed by atoms with E-state index in [2.05, 4.69) is 9.71 Å². The van der Waals surface area contributed by atoms with E-state index >= 15 is 0 Å². The molecule has 0 bridgehead atoms. The lowest BCUT2D eigenvalue weighted by Gasteiger charge is -2.32. The molecule has 2 aromatic rings. The number of rotatable bonds is 4. The number of aromatic nitrogens is 1. The van der Waals surface area contributed by atoms with Gasteiger partial charge in [0.1, 0.15) is 0 Å². The van der Waals surface area contributed by atoms with E-state index in [0.717, 1.165) is 22.7 Å². The van der Waals surface area contributed by atoms with Gasteiger partial charge in [0.05, 0.1) is 18.2 Å². The average Bonchev–Trinajstić information content (AvgIpc) is 2.54. The Morgan fingerprint density at radius 1 is 1.25 bits per heavy atom. The van der Waals surface area contributed by atoms with Crippen LogP contribution < -0.4 is 4.72 Å². The highest BCUT2D eigenvalue weighted by Crippen LogP contribution is 2.18. The van der Waals surface area contributed by atoms with Gasteiger partial charge in [-0.2, -0.15) is 0 Å². The summed E-state index contributed by atoms with van der Waals surface area (Å²) in [6.07, 6.45) is 4.51. The van der Waals surface area contributed by atoms with E-state index in [1.807, 2.05) is 35.2 Å². The number of fused-ring (bicyclic) bond motifs is 1. The maximum atomic E-state index is 12.6. The molecule has 1 fully saturated rings. The Morgan fingerprint density at radius 3 is 2.67 bits per heavy atom. The molecule has 1 aliphatic heterocycles. The quantitative estimate of drug-likeness (QED) is 0.905. The van der Waals surface area contributed by atoms with Crippen LogP contribution in [-0.4, -0.2) is 49.6 Å². The fraction of sp³-hybridized carbons (Fsp3) is 0.412. The summed E-state index contributed by atoms with van der Waals surface area (Å²) < 4.78 is 25.2. The molecule has 6 nitrogen and oxygen atoms in total. The highest BCUT2D eigenvalue weighted by atomic mass is 32.2. The van der Waals surface area contributed by atoms with Gasteiger partial charge in [-0.05, 0) is 24.5 Å². The molecule has 0 radical (unpaired) electrons. The van der Waals surface area contributed by atoms with Crippen LogP contribution >= 0.6 is 0 Å². The molecule has 0 spiro atoms. The van der Waals surface area contributed by atoms with Gasteiger partial charge in [0.25, 0.3) is 0 Å². The number of likely N-dealkylation sites (tertiary alicyclic amines) is 1. The summed E-state index contributed by atoms with van der Waals surface area (Å²) in [5.74, 6) is 0.0611. The predicted octanol–water partition coefficient (Wildman–Crippen LogP) is 1.32. The Balaban J connectivity index is 1.64. The van der Waals surface area contributed by atoms with Gasteiger partial charge < -0.3 is 4.90 Å². The van der Waals surface area contributed by atoms with Crippen LogP contribution in [-0.2, 0) is 21.2 Å². The van der Waals surface area contributed by atoms with E-state index in [9.17, 15) is 13.2 Å². The van der Waals surface area contributed by atoms with Gasteiger partial charge in [-0.1, -0.05) is 24.3 Å². The molecule has 0 saturated carbocycles. The Bertz CT molecular complexity index is 838. The number of carbonyl (C=O) groups excluding carboxylic acids is 1. The number of nitrogens with one attached hydrogen (secondary N) is 1. The lowest BCUT2D eigenvalue weighted by Crippen LogP contribution is -2.46. The third-order valence-corrected chi connectivity index (χ3v) is 5.05. The van der Waals surface area contributed by atoms with Gasteiger partial charge >= 0.3 is 0 Å². The van der Waals surface area contributed by atoms with Crippen molar-refractivity contribution in [3.8, 4) is 0 Å². The minimum absolute atomic E-state index is 0.0611. The predicted molar refractivity (Wildman–Crippen MR) is 93.0 cm³/mol. The van der Waals surface area contributed by atoms with Crippen LogP contribution in [0.3, 0.4) is 0 Å². The second kappa shape index (κ2) is 6.86. The number of hydrogen-bond donors (Lipinski definition) is 1. The first-order valence-electron chi connectivity index (χ1n) is 8.00. The molecule has 1 aliphatic rings. The van der Waals surface area contributed by atoms with E-state index in [1.165, 1.54) is 0 Å². The molecule has 1 N–H and O–H groups in total. The molecule has 2 heterocycles. The lowest BCUT2D eigenvalue weighted by molar-refractivity contribution is -0.131. The summed E-state index contributed by atoms with van der Waals surface area (Å²) in [5.41, 5.74) is 1.79. The molecule has 0 atom stereocenters. The van der Waals surface area contributed by atoms with Gasteiger partial charge in [-0.3, -0.25) is 9.78 Å². The number of para-hydroxylation sites is 1. The second-order valence-corrected chi connectivity index (χ2v) is 7.99. The zero-order valence-electron chi connectivity index (χ0n) is 13.6. The van der Waals surface area contributed by atoms with Crippen molar-refractivity contribution in [3.63, 3.8) is 0 Å². The summed E-state index contributed by atoms with van der Waals surface area (Å²) in [5, 5.41) is 1.03. The number of nitrogens with zero attached hydrogens (tertiary/aromatic N) is 2. The molecule has 7 heteroatoms. The van der Waals surface area contributed by atoms with Crippen molar-refractivity contribution < 1.29 is 13.2 Å². The summed E-state index contributed by atoms with van der Waals surface area (Å²) in [6, 6.07) is 9.65. The zero-order valence-corrected chi connectivity index (χ0v) is 14.4. The summed E-state index contributed by atoms with van der Waals surface area (Å²) in [7, 11) is -3.20. The van der Waals surface area contributed by atoms with Gasteiger partial charge in [-0.25, -0.2) is 13.1 Å². The maximum absolute atomic E-state index is 12.6. The van der Waals surface area contributed by atoms with Crippen LogP contribution in [0, 0.1) is 0 Å². The minimum Gasteiger partial charge on any atom is -0.342 e. The van der Waals surface area contributed by atoms with Crippen molar-refractivity contribution in [1.29, 1.82) is 0 Å². The van der Waals surface area contributed by atoms with Gasteiger partial charge in [0.2, 0.25) is 15.9 Å². The number of amides is 1. The Kier molecular flexibility index (Phi) is 4.82. The molecule has 1 aromatic heterocycles. The number of carbonyl (C=O) groups is 1. The first-order valence-corrected chi connectivity index (χ1v) is 9.89. The molecule has 0 aliphatic carbocycles. The van der Waals surface area contributed by atoms with Crippen molar-refractivity contribution in [2.24, 2.45) is 0 Å². The van der Waals surface area contributed by atoms with E-state index < -0.39 is 10.0 Å². The number of benzene rings is 1. The van der Waals surface area contributed by atoms with Crippen molar-refractivity contribution in [2.75, 3.05) is 19.3 Å². The molecular formula is C17H21N3O3S. The Morgan fingerprint density at radius 2 is 1.96 bits per heavy atom. The first-order chi connectivity index (χ1) is 11.4. The smallest absolute Gasteiger partial charge is 0.227 e. The highest BCUT2D eigenvalue weighted by Gasteiger charge is 2.24. The van der Waals surface area contributed by atoms with Crippen molar-refractivity contribution >= 4 is 26.8 Å². The van der Waals surface area contributed by atoms with E-state index in [1.54, 1.807) is 6.20 Å². The third-order valence-electron chi connectivity index (χ3n) is 4.29. The van der Waals surface area contributed by atoms with Crippen molar-refractivity contribution in [3.05, 3.63) is 42.1 Å². The summed E-state index contributed by atoms with van der Waals surface area (Å²) in [4.78, 5) is 18.8. The zero-order chi connectivity index (χ0) is 17.2. The van der Waals surface area contributed by atoms with Gasteiger partial charge in [0.15, 0.2) is 0 Å². The molecule has 0 unspecified atom stereocenters. The van der Waals surface area contributed by atoms with Crippen LogP contribution in [0.1, 0.15) is 18.4 Å². The fourth-order valence-corrected chi connectivity index (χ4v) is 3.98. The topological polar surface area (TPSA) is 79.4 Å². The molecular weight excluding hydrogens is 326 g/mol. The maximum Gasteiger partial charge on any atom is 0.227 e. The molecule has 24 heavy (non-hydrogen) atoms. The van der Waals surface area contributed by atoms with Crippen LogP contribution in [0.4, 0.5) is 0 Å². The molecule has 1 aromatic carbocycles. The third kappa shape index (κ3) is 4.10. The fourth-order valence-electron chi connectivity index (χ4n) is 3.13. The Labute approximate surface area is 141 Å². The molecule has 1 saturated heterocycles. The van der Waals surface area contributed by atoms with Crippen molar-refractivity contribution in [1.82, 2.24) is 14.6 Å². The van der Waals surface area contributed by atoms with Crippen molar-refractivity contribution in [2.45, 2.75) is 25.3 Å². The Hall–Kier alpha value is -1.99. The summed E-state index contributed by atoms with van der Waals surface area (Å²) in [6.45, 7) is 1.15. The monoisotopic (exact) mass is 347 g/mol. The standard InChI is InChI=1S/C17H21N3O3S/c1-24(22,23)19-15-7-10-20(11-8-15)16(21)12-14-5-2-4-13-6-3-9-18-17(13)14/h2-6,9,15,19H,7-8,10-12H2,1H3. The van der Waals surface area contributed by atoms with Gasteiger partial charge in [0, 0.05) is 30.7 Å². The highest BCUT2D eigenvalue weighted by molar-refractivity contribution is 7.88.